The number of hydrogen-bond donors (Lipinski definition) is 0. The van der Waals surface area contributed by atoms with E-state index in [1.165, 1.54) is 26.2 Å². The molecule has 130 valence electrons. The maximum atomic E-state index is 12.1. The summed E-state index contributed by atoms with van der Waals surface area (Å²) in [4.78, 5) is 39.1. The molecule has 0 saturated carbocycles. The van der Waals surface area contributed by atoms with Crippen LogP contribution in [0.4, 0.5) is 5.69 Å². The number of halogens is 2. The van der Waals surface area contributed by atoms with Crippen LogP contribution in [0.5, 0.6) is 0 Å². The largest absolute Gasteiger partial charge is 0.468 e. The Labute approximate surface area is 149 Å². The first-order valence-electron chi connectivity index (χ1n) is 7.00. The third-order valence-electron chi connectivity index (χ3n) is 2.87. The van der Waals surface area contributed by atoms with Crippen molar-refractivity contribution in [2.45, 2.75) is 26.9 Å². The van der Waals surface area contributed by atoms with Gasteiger partial charge in [0.1, 0.15) is 5.78 Å². The van der Waals surface area contributed by atoms with Gasteiger partial charge in [-0.1, -0.05) is 23.2 Å². The van der Waals surface area contributed by atoms with Crippen LogP contribution in [0.3, 0.4) is 0 Å². The van der Waals surface area contributed by atoms with Crippen LogP contribution < -0.4 is 0 Å². The highest BCUT2D eigenvalue weighted by Gasteiger charge is 2.23. The van der Waals surface area contributed by atoms with Crippen molar-refractivity contribution in [3.05, 3.63) is 27.7 Å². The number of carbonyl (C=O) groups excluding carboxylic acids is 3. The van der Waals surface area contributed by atoms with Gasteiger partial charge in [-0.3, -0.25) is 14.6 Å². The summed E-state index contributed by atoms with van der Waals surface area (Å²) in [6, 6.07) is 2.89. The molecule has 1 atom stereocenters. The van der Waals surface area contributed by atoms with Gasteiger partial charge in [0.2, 0.25) is 0 Å². The third-order valence-corrected chi connectivity index (χ3v) is 3.57. The lowest BCUT2D eigenvalue weighted by Gasteiger charge is -2.12. The number of esters is 2. The van der Waals surface area contributed by atoms with E-state index in [-0.39, 0.29) is 27.4 Å². The predicted molar refractivity (Wildman–Crippen MR) is 91.4 cm³/mol. The fourth-order valence-electron chi connectivity index (χ4n) is 1.71. The van der Waals surface area contributed by atoms with Gasteiger partial charge in [0.15, 0.2) is 5.92 Å². The van der Waals surface area contributed by atoms with Crippen LogP contribution in [0, 0.1) is 5.92 Å². The minimum Gasteiger partial charge on any atom is -0.468 e. The number of methoxy groups -OCH3 is 1. The van der Waals surface area contributed by atoms with Crippen LogP contribution in [-0.2, 0) is 19.1 Å². The summed E-state index contributed by atoms with van der Waals surface area (Å²) >= 11 is 12.2. The smallest absolute Gasteiger partial charge is 0.341 e. The van der Waals surface area contributed by atoms with E-state index in [9.17, 15) is 14.4 Å². The molecule has 0 spiro atoms. The summed E-state index contributed by atoms with van der Waals surface area (Å²) < 4.78 is 9.62. The van der Waals surface area contributed by atoms with Crippen molar-refractivity contribution in [1.29, 1.82) is 0 Å². The Balaban J connectivity index is 3.22. The Bertz CT molecular complexity index is 685. The van der Waals surface area contributed by atoms with Gasteiger partial charge in [0.25, 0.3) is 0 Å². The molecular formula is C16H17Cl2NO5. The van der Waals surface area contributed by atoms with E-state index in [1.807, 2.05) is 0 Å². The van der Waals surface area contributed by atoms with Gasteiger partial charge < -0.3 is 9.47 Å². The highest BCUT2D eigenvalue weighted by atomic mass is 35.5. The lowest BCUT2D eigenvalue weighted by molar-refractivity contribution is -0.145. The molecule has 1 unspecified atom stereocenters. The molecule has 1 aromatic rings. The molecule has 8 heteroatoms. The van der Waals surface area contributed by atoms with Gasteiger partial charge in [0.05, 0.1) is 34.5 Å². The molecule has 0 bridgehead atoms. The highest BCUT2D eigenvalue weighted by molar-refractivity contribution is 6.41. The van der Waals surface area contributed by atoms with E-state index in [0.717, 1.165) is 6.21 Å². The summed E-state index contributed by atoms with van der Waals surface area (Å²) in [6.45, 7) is 4.62. The molecule has 1 rings (SSSR count). The van der Waals surface area contributed by atoms with Gasteiger partial charge in [-0.2, -0.15) is 0 Å². The fraction of sp³-hybridized carbons (Fsp3) is 0.375. The molecule has 0 aliphatic carbocycles. The zero-order valence-corrected chi connectivity index (χ0v) is 15.1. The van der Waals surface area contributed by atoms with Crippen LogP contribution in [0.2, 0.25) is 10.0 Å². The van der Waals surface area contributed by atoms with Crippen LogP contribution >= 0.6 is 23.2 Å². The van der Waals surface area contributed by atoms with Crippen molar-refractivity contribution in [2.24, 2.45) is 10.9 Å². The van der Waals surface area contributed by atoms with E-state index >= 15 is 0 Å². The predicted octanol–water partition coefficient (Wildman–Crippen LogP) is 3.64. The number of carbonyl (C=O) groups is 3. The molecule has 0 heterocycles. The summed E-state index contributed by atoms with van der Waals surface area (Å²) in [6.07, 6.45) is 0.763. The van der Waals surface area contributed by atoms with Crippen molar-refractivity contribution in [3.8, 4) is 0 Å². The number of hydrogen-bond acceptors (Lipinski definition) is 6. The van der Waals surface area contributed by atoms with Crippen LogP contribution in [-0.4, -0.2) is 37.2 Å². The van der Waals surface area contributed by atoms with E-state index in [4.69, 9.17) is 27.9 Å². The minimum absolute atomic E-state index is 0.0286. The standard InChI is InChI=1S/C16H17Cl2NO5/c1-8(2)24-16(22)13-11(17)5-6-12(14(13)18)19-7-10(9(3)20)15(21)23-4/h5-8,10H,1-4H3. The Morgan fingerprint density at radius 2 is 1.83 bits per heavy atom. The second-order valence-electron chi connectivity index (χ2n) is 5.10. The SMILES string of the molecule is COC(=O)C(C=Nc1ccc(Cl)c(C(=O)OC(C)C)c1Cl)C(C)=O. The Morgan fingerprint density at radius 1 is 1.21 bits per heavy atom. The number of benzene rings is 1. The van der Waals surface area contributed by atoms with Gasteiger partial charge in [-0.25, -0.2) is 4.79 Å². The molecule has 24 heavy (non-hydrogen) atoms. The zero-order chi connectivity index (χ0) is 18.4. The number of aliphatic imine (C=N–C) groups is 1. The molecule has 0 aliphatic heterocycles. The first kappa shape index (κ1) is 20.1. The Kier molecular flexibility index (Phi) is 7.38. The molecule has 0 aliphatic rings. The zero-order valence-electron chi connectivity index (χ0n) is 13.6. The quantitative estimate of drug-likeness (QED) is 0.431. The summed E-state index contributed by atoms with van der Waals surface area (Å²) in [5.41, 5.74) is 0.144. The maximum Gasteiger partial charge on any atom is 0.341 e. The topological polar surface area (TPSA) is 82.0 Å². The van der Waals surface area contributed by atoms with E-state index < -0.39 is 23.6 Å². The second kappa shape index (κ2) is 8.80. The molecule has 0 N–H and O–H groups in total. The first-order chi connectivity index (χ1) is 11.2. The normalized spacial score (nSPS) is 12.3. The van der Waals surface area contributed by atoms with Crippen molar-refractivity contribution in [2.75, 3.05) is 7.11 Å². The first-order valence-corrected chi connectivity index (χ1v) is 7.76. The average Bonchev–Trinajstić information content (AvgIpc) is 2.48. The Morgan fingerprint density at radius 3 is 2.33 bits per heavy atom. The maximum absolute atomic E-state index is 12.1. The van der Waals surface area contributed by atoms with Crippen molar-refractivity contribution < 1.29 is 23.9 Å². The van der Waals surface area contributed by atoms with E-state index in [2.05, 4.69) is 9.73 Å². The summed E-state index contributed by atoms with van der Waals surface area (Å²) in [5, 5.41) is 0.0808. The molecule has 6 nitrogen and oxygen atoms in total. The number of rotatable bonds is 6. The van der Waals surface area contributed by atoms with Crippen molar-refractivity contribution in [3.63, 3.8) is 0 Å². The van der Waals surface area contributed by atoms with Gasteiger partial charge in [0, 0.05) is 6.21 Å². The molecular weight excluding hydrogens is 357 g/mol. The van der Waals surface area contributed by atoms with Crippen molar-refractivity contribution in [1.82, 2.24) is 0 Å². The minimum atomic E-state index is -1.16. The second-order valence-corrected chi connectivity index (χ2v) is 5.88. The lowest BCUT2D eigenvalue weighted by atomic mass is 10.1. The van der Waals surface area contributed by atoms with E-state index in [1.54, 1.807) is 13.8 Å². The number of nitrogens with zero attached hydrogens (tertiary/aromatic N) is 1. The molecule has 0 fully saturated rings. The van der Waals surface area contributed by atoms with Gasteiger partial charge in [-0.05, 0) is 32.9 Å². The van der Waals surface area contributed by atoms with E-state index in [0.29, 0.717) is 0 Å². The highest BCUT2D eigenvalue weighted by Crippen LogP contribution is 2.34. The Hall–Kier alpha value is -1.92. The number of Topliss-reactive ketones (excluding diaryl/α,β-unsaturated/α-hetero) is 1. The fourth-order valence-corrected chi connectivity index (χ4v) is 2.29. The van der Waals surface area contributed by atoms with Gasteiger partial charge in [-0.15, -0.1) is 0 Å². The number of ether oxygens (including phenoxy) is 2. The van der Waals surface area contributed by atoms with Gasteiger partial charge >= 0.3 is 11.9 Å². The monoisotopic (exact) mass is 373 g/mol. The van der Waals surface area contributed by atoms with Crippen LogP contribution in [0.1, 0.15) is 31.1 Å². The van der Waals surface area contributed by atoms with Crippen LogP contribution in [0.15, 0.2) is 17.1 Å². The van der Waals surface area contributed by atoms with Crippen LogP contribution in [0.25, 0.3) is 0 Å². The molecule has 0 saturated heterocycles. The number of ketones is 1. The molecule has 1 aromatic carbocycles. The van der Waals surface area contributed by atoms with Crippen molar-refractivity contribution >= 4 is 52.8 Å². The molecule has 0 radical (unpaired) electrons. The molecule has 0 aromatic heterocycles. The molecule has 0 amide bonds. The lowest BCUT2D eigenvalue weighted by Crippen LogP contribution is -2.24. The summed E-state index contributed by atoms with van der Waals surface area (Å²) in [5.74, 6) is -3.02. The third kappa shape index (κ3) is 5.04. The summed E-state index contributed by atoms with van der Waals surface area (Å²) in [7, 11) is 1.17. The average molecular weight is 374 g/mol.